The Morgan fingerprint density at radius 2 is 1.57 bits per heavy atom. The summed E-state index contributed by atoms with van der Waals surface area (Å²) in [5.74, 6) is -1.49. The van der Waals surface area contributed by atoms with Crippen LogP contribution in [0.5, 0.6) is 5.75 Å². The molecule has 7 heteroatoms. The van der Waals surface area contributed by atoms with Crippen LogP contribution in [0.3, 0.4) is 0 Å². The summed E-state index contributed by atoms with van der Waals surface area (Å²) in [7, 11) is -3.82. The first-order chi connectivity index (χ1) is 11.0. The van der Waals surface area contributed by atoms with Gasteiger partial charge in [-0.3, -0.25) is 0 Å². The smallest absolute Gasteiger partial charge is 0.418 e. The van der Waals surface area contributed by atoms with Gasteiger partial charge in [-0.15, -0.1) is 0 Å². The maximum Gasteiger partial charge on any atom is 0.418 e. The van der Waals surface area contributed by atoms with E-state index in [1.54, 1.807) is 36.4 Å². The molecule has 0 aliphatic carbocycles. The number of ether oxygens (including phenoxy) is 2. The predicted octanol–water partition coefficient (Wildman–Crippen LogP) is 1.52. The minimum Gasteiger partial charge on any atom is -0.441 e. The Morgan fingerprint density at radius 1 is 1.00 bits per heavy atom. The van der Waals surface area contributed by atoms with Gasteiger partial charge in [0.1, 0.15) is 11.5 Å². The molecule has 0 aliphatic heterocycles. The third-order valence-corrected chi connectivity index (χ3v) is 4.62. The van der Waals surface area contributed by atoms with Crippen molar-refractivity contribution in [3.63, 3.8) is 0 Å². The predicted molar refractivity (Wildman–Crippen MR) is 81.1 cm³/mol. The molecule has 0 N–H and O–H groups in total. The van der Waals surface area contributed by atoms with E-state index in [0.717, 1.165) is 6.47 Å². The molecule has 0 fully saturated rings. The normalized spacial score (nSPS) is 12.2. The summed E-state index contributed by atoms with van der Waals surface area (Å²) in [5, 5.41) is 0. The first kappa shape index (κ1) is 16.7. The van der Waals surface area contributed by atoms with E-state index in [0.29, 0.717) is 0 Å². The fraction of sp³-hybridized carbons (Fsp3) is 0.125. The zero-order valence-corrected chi connectivity index (χ0v) is 12.7. The summed E-state index contributed by atoms with van der Waals surface area (Å²) >= 11 is 0. The van der Waals surface area contributed by atoms with E-state index in [-0.39, 0.29) is 10.6 Å². The summed E-state index contributed by atoms with van der Waals surface area (Å²) in [6.07, 6.45) is -1.60. The molecule has 2 rings (SSSR count). The summed E-state index contributed by atoms with van der Waals surface area (Å²) in [4.78, 5) is 22.5. The van der Waals surface area contributed by atoms with Crippen molar-refractivity contribution in [2.75, 3.05) is 5.75 Å². The molecule has 1 atom stereocenters. The lowest BCUT2D eigenvalue weighted by atomic mass is 10.3. The van der Waals surface area contributed by atoms with Crippen LogP contribution in [0.4, 0.5) is 0 Å². The van der Waals surface area contributed by atoms with Crippen LogP contribution in [-0.4, -0.2) is 32.7 Å². The SMILES string of the molecule is O=[C]OC(CS(=O)(=O)c1ccccc1)C(=O)Oc1ccccc1. The average molecular weight is 333 g/mol. The minimum atomic E-state index is -3.82. The minimum absolute atomic E-state index is 0.0204. The highest BCUT2D eigenvalue weighted by molar-refractivity contribution is 7.91. The summed E-state index contributed by atoms with van der Waals surface area (Å²) < 4.78 is 34.0. The van der Waals surface area contributed by atoms with Crippen LogP contribution in [-0.2, 0) is 24.2 Å². The van der Waals surface area contributed by atoms with Crippen molar-refractivity contribution in [3.8, 4) is 5.75 Å². The lowest BCUT2D eigenvalue weighted by Gasteiger charge is -2.14. The molecule has 0 amide bonds. The van der Waals surface area contributed by atoms with Gasteiger partial charge in [-0.1, -0.05) is 36.4 Å². The van der Waals surface area contributed by atoms with Crippen molar-refractivity contribution < 1.29 is 27.5 Å². The summed E-state index contributed by atoms with van der Waals surface area (Å²) in [6.45, 7) is 1.09. The number of hydrogen-bond donors (Lipinski definition) is 0. The number of carbonyl (C=O) groups is 1. The molecule has 0 bridgehead atoms. The van der Waals surface area contributed by atoms with E-state index in [1.165, 1.54) is 24.3 Å². The summed E-state index contributed by atoms with van der Waals surface area (Å²) in [6, 6.07) is 15.6. The molecular formula is C16H13O6S. The second-order valence-corrected chi connectivity index (χ2v) is 6.55. The molecule has 0 heterocycles. The zero-order valence-electron chi connectivity index (χ0n) is 11.9. The number of para-hydroxylation sites is 1. The number of benzene rings is 2. The van der Waals surface area contributed by atoms with Crippen LogP contribution in [0.15, 0.2) is 65.6 Å². The van der Waals surface area contributed by atoms with Crippen molar-refractivity contribution in [2.24, 2.45) is 0 Å². The fourth-order valence-corrected chi connectivity index (χ4v) is 3.17. The van der Waals surface area contributed by atoms with Crippen molar-refractivity contribution in [1.29, 1.82) is 0 Å². The molecule has 0 spiro atoms. The van der Waals surface area contributed by atoms with E-state index in [2.05, 4.69) is 4.74 Å². The van der Waals surface area contributed by atoms with Crippen LogP contribution in [0, 0.1) is 0 Å². The topological polar surface area (TPSA) is 86.7 Å². The van der Waals surface area contributed by atoms with Crippen LogP contribution >= 0.6 is 0 Å². The molecule has 2 aromatic carbocycles. The lowest BCUT2D eigenvalue weighted by Crippen LogP contribution is -2.35. The van der Waals surface area contributed by atoms with Gasteiger partial charge in [-0.05, 0) is 24.3 Å². The van der Waals surface area contributed by atoms with Crippen molar-refractivity contribution in [3.05, 3.63) is 60.7 Å². The van der Waals surface area contributed by atoms with Gasteiger partial charge in [-0.2, -0.15) is 0 Å². The van der Waals surface area contributed by atoms with Gasteiger partial charge in [0.2, 0.25) is 6.10 Å². The first-order valence-corrected chi connectivity index (χ1v) is 8.25. The lowest BCUT2D eigenvalue weighted by molar-refractivity contribution is -0.141. The standard InChI is InChI=1S/C16H13O6S/c17-12-21-15(16(18)22-13-7-3-1-4-8-13)11-23(19,20)14-9-5-2-6-10-14/h1-10,15H,11H2. The largest absolute Gasteiger partial charge is 0.441 e. The molecule has 0 saturated heterocycles. The maximum atomic E-state index is 12.3. The van der Waals surface area contributed by atoms with Crippen LogP contribution in [0.25, 0.3) is 0 Å². The molecule has 6 nitrogen and oxygen atoms in total. The van der Waals surface area contributed by atoms with Gasteiger partial charge in [0.05, 0.1) is 4.90 Å². The number of carbonyl (C=O) groups excluding carboxylic acids is 2. The monoisotopic (exact) mass is 333 g/mol. The fourth-order valence-electron chi connectivity index (χ4n) is 1.80. The Bertz CT molecular complexity index is 756. The van der Waals surface area contributed by atoms with Gasteiger partial charge in [0.15, 0.2) is 9.84 Å². The number of rotatable bonds is 7. The highest BCUT2D eigenvalue weighted by atomic mass is 32.2. The molecule has 119 valence electrons. The van der Waals surface area contributed by atoms with Gasteiger partial charge in [0, 0.05) is 0 Å². The second-order valence-electron chi connectivity index (χ2n) is 4.52. The van der Waals surface area contributed by atoms with E-state index < -0.39 is 27.7 Å². The van der Waals surface area contributed by atoms with E-state index >= 15 is 0 Å². The van der Waals surface area contributed by atoms with Gasteiger partial charge in [-0.25, -0.2) is 18.0 Å². The summed E-state index contributed by atoms with van der Waals surface area (Å²) in [5.41, 5.74) is 0. The number of sulfone groups is 1. The van der Waals surface area contributed by atoms with Gasteiger partial charge >= 0.3 is 12.4 Å². The molecule has 2 aromatic rings. The molecule has 0 aromatic heterocycles. The molecule has 0 saturated carbocycles. The third kappa shape index (κ3) is 4.65. The maximum absolute atomic E-state index is 12.3. The highest BCUT2D eigenvalue weighted by Gasteiger charge is 2.30. The Hall–Kier alpha value is -2.67. The van der Waals surface area contributed by atoms with Gasteiger partial charge < -0.3 is 9.47 Å². The van der Waals surface area contributed by atoms with Crippen molar-refractivity contribution >= 4 is 22.3 Å². The number of esters is 1. The van der Waals surface area contributed by atoms with E-state index in [1.807, 2.05) is 0 Å². The van der Waals surface area contributed by atoms with Crippen LogP contribution in [0.1, 0.15) is 0 Å². The molecular weight excluding hydrogens is 320 g/mol. The second kappa shape index (κ2) is 7.55. The van der Waals surface area contributed by atoms with Gasteiger partial charge in [0.25, 0.3) is 0 Å². The third-order valence-electron chi connectivity index (χ3n) is 2.89. The number of hydrogen-bond acceptors (Lipinski definition) is 6. The Kier molecular flexibility index (Phi) is 5.48. The Morgan fingerprint density at radius 3 is 2.13 bits per heavy atom. The molecule has 1 unspecified atom stereocenters. The van der Waals surface area contributed by atoms with Crippen LogP contribution < -0.4 is 4.74 Å². The molecule has 23 heavy (non-hydrogen) atoms. The zero-order chi connectivity index (χ0) is 16.7. The average Bonchev–Trinajstić information content (AvgIpc) is 2.56. The first-order valence-electron chi connectivity index (χ1n) is 6.60. The van der Waals surface area contributed by atoms with Crippen molar-refractivity contribution in [2.45, 2.75) is 11.0 Å². The quantitative estimate of drug-likeness (QED) is 0.564. The van der Waals surface area contributed by atoms with E-state index in [9.17, 15) is 18.0 Å². The molecule has 1 radical (unpaired) electrons. The van der Waals surface area contributed by atoms with Crippen LogP contribution in [0.2, 0.25) is 0 Å². The van der Waals surface area contributed by atoms with E-state index in [4.69, 9.17) is 4.74 Å². The highest BCUT2D eigenvalue weighted by Crippen LogP contribution is 2.15. The van der Waals surface area contributed by atoms with Crippen molar-refractivity contribution in [1.82, 2.24) is 0 Å². The Labute approximate surface area is 133 Å². The molecule has 0 aliphatic rings. The Balaban J connectivity index is 2.15.